The van der Waals surface area contributed by atoms with Gasteiger partial charge >= 0.3 is 0 Å². The molecule has 0 unspecified atom stereocenters. The number of halogens is 5. The lowest BCUT2D eigenvalue weighted by Crippen LogP contribution is -2.49. The molecule has 5 aliphatic rings. The highest BCUT2D eigenvalue weighted by Gasteiger charge is 2.23. The number of fused-ring (bicyclic) bond motifs is 5. The molecule has 684 valence electrons. The Hall–Kier alpha value is -14.1. The number of piperazine rings is 2. The van der Waals surface area contributed by atoms with Gasteiger partial charge in [0.25, 0.3) is 27.8 Å². The van der Waals surface area contributed by atoms with Gasteiger partial charge in [-0.25, -0.2) is 38.1 Å². The van der Waals surface area contributed by atoms with E-state index in [1.54, 1.807) is 73.8 Å². The summed E-state index contributed by atoms with van der Waals surface area (Å²) < 4.78 is 75.1. The van der Waals surface area contributed by atoms with E-state index in [0.717, 1.165) is 150 Å². The summed E-state index contributed by atoms with van der Waals surface area (Å²) in [7, 11) is 9.87. The third-order valence-electron chi connectivity index (χ3n) is 23.5. The lowest BCUT2D eigenvalue weighted by Gasteiger charge is -2.33. The Kier molecular flexibility index (Phi) is 29.1. The van der Waals surface area contributed by atoms with Crippen LogP contribution >= 0.6 is 23.2 Å². The maximum Gasteiger partial charge on any atom is 0.258 e. The normalized spacial score (nSPS) is 15.3. The summed E-state index contributed by atoms with van der Waals surface area (Å²) in [6.07, 6.45) is 17.6. The molecule has 0 bridgehead atoms. The Bertz CT molecular complexity index is 7200. The maximum atomic E-state index is 14.0. The second-order valence-corrected chi connectivity index (χ2v) is 33.4. The monoisotopic (exact) mass is 1840 g/mol. The van der Waals surface area contributed by atoms with Crippen LogP contribution in [-0.2, 0) is 0 Å². The summed E-state index contributed by atoms with van der Waals surface area (Å²) in [5.41, 5.74) is 15.0. The molecule has 0 saturated carbocycles. The van der Waals surface area contributed by atoms with E-state index >= 15 is 0 Å². The summed E-state index contributed by atoms with van der Waals surface area (Å²) in [5, 5.41) is 17.4. The van der Waals surface area contributed by atoms with Gasteiger partial charge in [0, 0.05) is 177 Å². The highest BCUT2D eigenvalue weighted by atomic mass is 35.5. The number of hydrogen-bond donors (Lipinski definition) is 5. The van der Waals surface area contributed by atoms with Crippen LogP contribution in [0.5, 0.6) is 28.7 Å². The van der Waals surface area contributed by atoms with Crippen molar-refractivity contribution in [1.82, 2.24) is 73.1 Å². The number of nitrogens with zero attached hydrogens (tertiary/aromatic N) is 13. The highest BCUT2D eigenvalue weighted by molar-refractivity contribution is 6.31. The number of aromatic nitrogens is 10. The second kappa shape index (κ2) is 42.0. The number of methoxy groups -OCH3 is 5. The molecule has 0 aliphatic carbocycles. The molecule has 3 fully saturated rings. The molecule has 0 radical (unpaired) electrons. The number of likely N-dealkylation sites (N-methyl/N-ethyl adjacent to an activating group) is 1. The van der Waals surface area contributed by atoms with E-state index in [1.807, 2.05) is 122 Å². The molecule has 20 rings (SSSR count). The standard InChI is InChI=1S/C22H23N3O3.C21H24N4O3.C20H18FN3O2.C19H18ClFN4O.C18H16ClFN4O/c1-24-10-8-15(9-11-24)17-5-7-21-23-18(13-22(26)25(21)14-17)16-4-6-19(27-2)20(12-16)28-3;1-27-18-5-3-14(11-19(18)28-2)17-12-21(26)25-13-16(4-6-20(25)24-17)23-15-7-9-22-10-8-15;1-26-18-4-2-14(10-16(18)21)17-11-20(25)24-12-15(3-5-19(24)23-17)13-6-8-22-9-7-13;1-12-10-24(5-4-22-12)16-2-3-18-23-17(9-19(26)25(18)11-16)13-6-14(20)8-15(21)7-13;19-13-7-12(8-14(20)9-13)16-10-18(25)24-11-15(1-2-17(24)22-16)23-5-3-21-4-6-23/h4-8,12-14H,9-11H2,1-3H3;3-6,11-13,15,22-23H,7-10H2,1-2H3;2-6,10-12,22H,7-9H2,1H3;2-3,6-9,11-12,22H,4-5,10H2,1H3;1-2,7-11,21H,3-6H2/t;;;12-;/m...0./s1. The minimum absolute atomic E-state index is 0.106. The van der Waals surface area contributed by atoms with Crippen molar-refractivity contribution in [2.45, 2.75) is 44.7 Å². The smallest absolute Gasteiger partial charge is 0.258 e. The van der Waals surface area contributed by atoms with Crippen LogP contribution in [0.4, 0.5) is 30.2 Å². The molecule has 5 N–H and O–H groups in total. The predicted molar refractivity (Wildman–Crippen MR) is 517 cm³/mol. The molecule has 0 amide bonds. The van der Waals surface area contributed by atoms with Crippen LogP contribution in [0.15, 0.2) is 249 Å². The quantitative estimate of drug-likeness (QED) is 0.0601. The molecule has 0 spiro atoms. The Morgan fingerprint density at radius 1 is 0.383 bits per heavy atom. The molecule has 15 aromatic rings. The van der Waals surface area contributed by atoms with Crippen LogP contribution in [0.3, 0.4) is 0 Å². The van der Waals surface area contributed by atoms with Gasteiger partial charge in [-0.05, 0) is 233 Å². The number of anilines is 3. The molecule has 1 atom stereocenters. The van der Waals surface area contributed by atoms with Gasteiger partial charge < -0.3 is 65.0 Å². The van der Waals surface area contributed by atoms with Crippen molar-refractivity contribution in [3.63, 3.8) is 0 Å². The molecule has 15 heterocycles. The van der Waals surface area contributed by atoms with Crippen LogP contribution in [0, 0.1) is 17.5 Å². The molecule has 10 aromatic heterocycles. The van der Waals surface area contributed by atoms with Gasteiger partial charge in [-0.15, -0.1) is 0 Å². The second-order valence-electron chi connectivity index (χ2n) is 32.5. The molecule has 5 aromatic carbocycles. The average molecular weight is 1840 g/mol. The number of ether oxygens (including phenoxy) is 5. The number of hydrogen-bond acceptors (Lipinski definition) is 23. The first-order chi connectivity index (χ1) is 64.5. The summed E-state index contributed by atoms with van der Waals surface area (Å²) >= 11 is 11.8. The molecule has 5 aliphatic heterocycles. The fourth-order valence-corrected chi connectivity index (χ4v) is 16.9. The van der Waals surface area contributed by atoms with E-state index in [0.29, 0.717) is 108 Å². The van der Waals surface area contributed by atoms with E-state index in [-0.39, 0.29) is 43.6 Å². The van der Waals surface area contributed by atoms with Gasteiger partial charge in [-0.3, -0.25) is 46.0 Å². The Morgan fingerprint density at radius 3 is 1.24 bits per heavy atom. The molecule has 28 nitrogen and oxygen atoms in total. The summed E-state index contributed by atoms with van der Waals surface area (Å²) in [5.74, 6) is 1.23. The fraction of sp³-hybridized carbons (Fsp3) is 0.260. The Morgan fingerprint density at radius 2 is 0.797 bits per heavy atom. The first-order valence-corrected chi connectivity index (χ1v) is 44.4. The van der Waals surface area contributed by atoms with Crippen molar-refractivity contribution in [2.24, 2.45) is 0 Å². The zero-order valence-corrected chi connectivity index (χ0v) is 75.8. The van der Waals surface area contributed by atoms with Gasteiger partial charge in [0.2, 0.25) is 0 Å². The topological polar surface area (TPSA) is 288 Å². The molecule has 133 heavy (non-hydrogen) atoms. The Balaban J connectivity index is 0.000000121. The van der Waals surface area contributed by atoms with Crippen LogP contribution in [0.25, 0.3) is 95.7 Å². The number of benzene rings is 5. The molecular weight excluding hydrogens is 1740 g/mol. The van der Waals surface area contributed by atoms with E-state index in [4.69, 9.17) is 46.9 Å². The van der Waals surface area contributed by atoms with Crippen molar-refractivity contribution >= 4 is 79.6 Å². The zero-order chi connectivity index (χ0) is 92.9. The highest BCUT2D eigenvalue weighted by Crippen LogP contribution is 2.36. The van der Waals surface area contributed by atoms with Gasteiger partial charge in [0.1, 0.15) is 39.9 Å². The summed E-state index contributed by atoms with van der Waals surface area (Å²) in [6.45, 7) is 14.2. The van der Waals surface area contributed by atoms with Gasteiger partial charge in [-0.2, -0.15) is 0 Å². The SMILES string of the molecule is COc1ccc(-c2cc(=O)n3cc(C4=CCN(C)CC4)ccc3n2)cc1OC.COc1ccc(-c2cc(=O)n3cc(C4=CCNCC4)ccc3n2)cc1F.COc1ccc(-c2cc(=O)n3cc(NC4CCNCC4)ccc3n2)cc1OC.C[C@H]1CN(c2ccc3nc(-c4cc(F)cc(Cl)c4)cc(=O)n3c2)CCN1.O=c1cc(-c2cc(F)cc(Cl)c2)nc2ccc(N3CCNCC3)cn12. The minimum atomic E-state index is -0.486. The first-order valence-electron chi connectivity index (χ1n) is 43.6. The first kappa shape index (κ1) is 92.2. The van der Waals surface area contributed by atoms with Crippen LogP contribution in [-0.4, -0.2) is 192 Å². The van der Waals surface area contributed by atoms with E-state index in [1.165, 1.54) is 86.1 Å². The zero-order valence-electron chi connectivity index (χ0n) is 74.3. The van der Waals surface area contributed by atoms with Gasteiger partial charge in [0.15, 0.2) is 34.6 Å². The number of nitrogens with one attached hydrogen (secondary N) is 5. The molecule has 33 heteroatoms. The van der Waals surface area contributed by atoms with Crippen molar-refractivity contribution < 1.29 is 36.9 Å². The predicted octanol–water partition coefficient (Wildman–Crippen LogP) is 14.0. The lowest BCUT2D eigenvalue weighted by molar-refractivity contribution is 0.355. The Labute approximate surface area is 773 Å². The van der Waals surface area contributed by atoms with Gasteiger partial charge in [-0.1, -0.05) is 35.4 Å². The average Bonchev–Trinajstić information content (AvgIpc) is 0.799. The largest absolute Gasteiger partial charge is 0.494 e. The molecular formula is C100H99Cl2F3N18O10. The van der Waals surface area contributed by atoms with Crippen molar-refractivity contribution in [1.29, 1.82) is 0 Å². The van der Waals surface area contributed by atoms with Crippen LogP contribution in [0.2, 0.25) is 10.0 Å². The number of rotatable bonds is 16. The summed E-state index contributed by atoms with van der Waals surface area (Å²) in [6, 6.07) is 51.1. The van der Waals surface area contributed by atoms with Crippen LogP contribution < -0.4 is 87.9 Å². The summed E-state index contributed by atoms with van der Waals surface area (Å²) in [4.78, 5) is 92.8. The number of pyridine rings is 5. The van der Waals surface area contributed by atoms with Crippen molar-refractivity contribution in [3.05, 3.63) is 316 Å². The maximum absolute atomic E-state index is 14.0. The number of piperidine rings is 1. The minimum Gasteiger partial charge on any atom is -0.494 e. The lowest BCUT2D eigenvalue weighted by atomic mass is 10.0. The third kappa shape index (κ3) is 22.1. The van der Waals surface area contributed by atoms with E-state index in [9.17, 15) is 37.1 Å². The van der Waals surface area contributed by atoms with Crippen molar-refractivity contribution in [3.8, 4) is 85.0 Å². The third-order valence-corrected chi connectivity index (χ3v) is 24.0. The van der Waals surface area contributed by atoms with E-state index < -0.39 is 17.5 Å². The fourth-order valence-electron chi connectivity index (χ4n) is 16.5. The van der Waals surface area contributed by atoms with Crippen molar-refractivity contribution in [2.75, 3.05) is 143 Å². The van der Waals surface area contributed by atoms with Gasteiger partial charge in [0.05, 0.1) is 81.1 Å². The van der Waals surface area contributed by atoms with Crippen LogP contribution in [0.1, 0.15) is 43.7 Å². The van der Waals surface area contributed by atoms with E-state index in [2.05, 4.69) is 92.3 Å². The molecule has 3 saturated heterocycles.